The minimum Gasteiger partial charge on any atom is -0.465 e. The summed E-state index contributed by atoms with van der Waals surface area (Å²) in [6.07, 6.45) is 2.00. The topological polar surface area (TPSA) is 62.4 Å². The Morgan fingerprint density at radius 3 is 2.27 bits per heavy atom. The van der Waals surface area contributed by atoms with E-state index in [1.807, 2.05) is 37.3 Å². The lowest BCUT2D eigenvalue weighted by Crippen LogP contribution is -2.32. The van der Waals surface area contributed by atoms with Crippen LogP contribution in [0.15, 0.2) is 66.7 Å². The third-order valence-electron chi connectivity index (χ3n) is 5.26. The molecule has 0 radical (unpaired) electrons. The first-order valence-electron chi connectivity index (χ1n) is 10.1. The second kappa shape index (κ2) is 9.17. The number of nitrogens with one attached hydrogen (secondary N) is 3. The van der Waals surface area contributed by atoms with Crippen molar-refractivity contribution in [2.45, 2.75) is 13.0 Å². The van der Waals surface area contributed by atoms with Crippen LogP contribution in [-0.2, 0) is 21.3 Å². The molecule has 1 atom stereocenters. The van der Waals surface area contributed by atoms with Gasteiger partial charge in [-0.3, -0.25) is 5.32 Å². The summed E-state index contributed by atoms with van der Waals surface area (Å²) < 4.78 is 5.31. The smallest absolute Gasteiger partial charge is 0.327 e. The van der Waals surface area contributed by atoms with Crippen molar-refractivity contribution in [3.63, 3.8) is 0 Å². The predicted octanol–water partition coefficient (Wildman–Crippen LogP) is 4.92. The highest BCUT2D eigenvalue weighted by atomic mass is 32.4. The largest absolute Gasteiger partial charge is 0.465 e. The number of ether oxygens (including phenoxy) is 1. The molecule has 7 heteroatoms. The van der Waals surface area contributed by atoms with E-state index < -0.39 is 12.1 Å². The van der Waals surface area contributed by atoms with Crippen LogP contribution in [0.25, 0.3) is 10.8 Å². The van der Waals surface area contributed by atoms with Gasteiger partial charge < -0.3 is 15.4 Å². The summed E-state index contributed by atoms with van der Waals surface area (Å²) in [5.74, 6) is -0.270. The fourth-order valence-corrected chi connectivity index (χ4v) is 6.11. The Kier molecular flexibility index (Phi) is 6.38. The molecule has 3 aromatic carbocycles. The maximum atomic E-state index is 12.6. The van der Waals surface area contributed by atoms with Gasteiger partial charge in [0, 0.05) is 41.7 Å². The second-order valence-corrected chi connectivity index (χ2v) is 12.8. The summed E-state index contributed by atoms with van der Waals surface area (Å²) >= 11 is 6.13. The second-order valence-electron chi connectivity index (χ2n) is 7.40. The summed E-state index contributed by atoms with van der Waals surface area (Å²) in [5.41, 5.74) is 3.07. The lowest BCUT2D eigenvalue weighted by Gasteiger charge is -2.30. The van der Waals surface area contributed by atoms with Crippen molar-refractivity contribution in [3.05, 3.63) is 72.3 Å². The number of benzene rings is 3. The molecule has 1 aliphatic rings. The number of carbonyl (C=O) groups excluding carboxylic acids is 1. The monoisotopic (exact) mass is 439 g/mol. The highest BCUT2D eigenvalue weighted by Crippen LogP contribution is 2.47. The van der Waals surface area contributed by atoms with Crippen LogP contribution in [0.2, 0.25) is 0 Å². The van der Waals surface area contributed by atoms with Crippen LogP contribution in [0, 0.1) is 0 Å². The fraction of sp³-hybridized carbons (Fsp3) is 0.261. The van der Waals surface area contributed by atoms with Crippen LogP contribution in [0.3, 0.4) is 0 Å². The van der Waals surface area contributed by atoms with Crippen molar-refractivity contribution < 1.29 is 9.53 Å². The Morgan fingerprint density at radius 2 is 1.67 bits per heavy atom. The van der Waals surface area contributed by atoms with E-state index in [9.17, 15) is 4.79 Å². The average Bonchev–Trinajstić information content (AvgIpc) is 2.76. The summed E-state index contributed by atoms with van der Waals surface area (Å²) in [4.78, 5) is 12.6. The molecule has 30 heavy (non-hydrogen) atoms. The minimum absolute atomic E-state index is 0.270. The zero-order valence-corrected chi connectivity index (χ0v) is 18.6. The Balaban J connectivity index is 1.54. The van der Waals surface area contributed by atoms with Crippen LogP contribution >= 0.6 is 6.04 Å². The van der Waals surface area contributed by atoms with Crippen LogP contribution in [0.5, 0.6) is 0 Å². The van der Waals surface area contributed by atoms with Gasteiger partial charge in [-0.2, -0.15) is 0 Å². The zero-order valence-electron chi connectivity index (χ0n) is 16.9. The lowest BCUT2D eigenvalue weighted by atomic mass is 10.1. The fourth-order valence-electron chi connectivity index (χ4n) is 3.73. The third kappa shape index (κ3) is 4.51. The Labute approximate surface area is 182 Å². The van der Waals surface area contributed by atoms with Gasteiger partial charge in [0.25, 0.3) is 0 Å². The van der Waals surface area contributed by atoms with E-state index in [0.717, 1.165) is 16.9 Å². The molecule has 4 rings (SSSR count). The van der Waals surface area contributed by atoms with Gasteiger partial charge >= 0.3 is 5.97 Å². The summed E-state index contributed by atoms with van der Waals surface area (Å²) in [7, 11) is 0. The van der Waals surface area contributed by atoms with Crippen molar-refractivity contribution in [1.82, 2.24) is 5.32 Å². The van der Waals surface area contributed by atoms with Gasteiger partial charge in [-0.15, -0.1) is 0 Å². The van der Waals surface area contributed by atoms with E-state index >= 15 is 0 Å². The molecule has 1 heterocycles. The molecule has 0 bridgehead atoms. The molecule has 0 aromatic heterocycles. The van der Waals surface area contributed by atoms with E-state index in [4.69, 9.17) is 16.5 Å². The number of esters is 1. The van der Waals surface area contributed by atoms with Crippen molar-refractivity contribution in [2.75, 3.05) is 36.1 Å². The van der Waals surface area contributed by atoms with Gasteiger partial charge in [0.05, 0.1) is 6.61 Å². The summed E-state index contributed by atoms with van der Waals surface area (Å²) in [6, 6.07) is 19.8. The SMILES string of the molecule is CCOC(=O)C(NCP1(=S)CNc2cccc3cccc(c23)NC1)c1ccccc1. The molecule has 0 spiro atoms. The standard InChI is InChI=1S/C23H26N3O2PS/c1-2-28-23(27)22(18-8-4-3-5-9-18)26-16-29(30)14-24-19-12-6-10-17-11-7-13-20(21(17)19)25-15-29/h3-13,22,24-26H,2,14-16H2,1H3. The maximum absolute atomic E-state index is 12.6. The van der Waals surface area contributed by atoms with Crippen LogP contribution in [-0.4, -0.2) is 31.4 Å². The molecule has 0 saturated carbocycles. The molecule has 1 aliphatic heterocycles. The number of hydrogen-bond donors (Lipinski definition) is 3. The van der Waals surface area contributed by atoms with E-state index in [0.29, 0.717) is 25.5 Å². The van der Waals surface area contributed by atoms with E-state index in [1.54, 1.807) is 0 Å². The first-order valence-corrected chi connectivity index (χ1v) is 13.5. The first kappa shape index (κ1) is 20.9. The highest BCUT2D eigenvalue weighted by Gasteiger charge is 2.26. The molecule has 0 fully saturated rings. The molecule has 1 unspecified atom stereocenters. The molecule has 3 N–H and O–H groups in total. The van der Waals surface area contributed by atoms with E-state index in [1.165, 1.54) is 10.8 Å². The third-order valence-corrected chi connectivity index (χ3v) is 8.65. The normalized spacial score (nSPS) is 15.9. The van der Waals surface area contributed by atoms with Crippen molar-refractivity contribution in [2.24, 2.45) is 0 Å². The predicted molar refractivity (Wildman–Crippen MR) is 129 cm³/mol. The van der Waals surface area contributed by atoms with Gasteiger partial charge in [-0.05, 0) is 30.0 Å². The first-order chi connectivity index (χ1) is 14.6. The zero-order chi connectivity index (χ0) is 21.0. The summed E-state index contributed by atoms with van der Waals surface area (Å²) in [6.45, 7) is 2.17. The van der Waals surface area contributed by atoms with E-state index in [-0.39, 0.29) is 5.97 Å². The van der Waals surface area contributed by atoms with Gasteiger partial charge in [-0.25, -0.2) is 4.79 Å². The summed E-state index contributed by atoms with van der Waals surface area (Å²) in [5, 5.41) is 13.0. The quantitative estimate of drug-likeness (QED) is 0.374. The molecule has 0 amide bonds. The lowest BCUT2D eigenvalue weighted by molar-refractivity contribution is -0.145. The van der Waals surface area contributed by atoms with Crippen molar-refractivity contribution in [3.8, 4) is 0 Å². The molecule has 3 aromatic rings. The van der Waals surface area contributed by atoms with Gasteiger partial charge in [-0.1, -0.05) is 66.4 Å². The molecule has 5 nitrogen and oxygen atoms in total. The molecule has 156 valence electrons. The van der Waals surface area contributed by atoms with Gasteiger partial charge in [0.15, 0.2) is 0 Å². The van der Waals surface area contributed by atoms with Crippen molar-refractivity contribution in [1.29, 1.82) is 0 Å². The number of hydrogen-bond acceptors (Lipinski definition) is 6. The van der Waals surface area contributed by atoms with Crippen LogP contribution < -0.4 is 16.0 Å². The number of rotatable bonds is 6. The molecule has 0 aliphatic carbocycles. The minimum atomic E-state index is -1.89. The van der Waals surface area contributed by atoms with E-state index in [2.05, 4.69) is 52.3 Å². The number of carbonyl (C=O) groups is 1. The van der Waals surface area contributed by atoms with Crippen molar-refractivity contribution >= 4 is 46.0 Å². The molecule has 0 saturated heterocycles. The maximum Gasteiger partial charge on any atom is 0.327 e. The Bertz CT molecular complexity index is 1040. The van der Waals surface area contributed by atoms with Gasteiger partial charge in [0.1, 0.15) is 6.04 Å². The Morgan fingerprint density at radius 1 is 1.03 bits per heavy atom. The van der Waals surface area contributed by atoms with Gasteiger partial charge in [0.2, 0.25) is 0 Å². The van der Waals surface area contributed by atoms with Crippen LogP contribution in [0.1, 0.15) is 18.5 Å². The average molecular weight is 440 g/mol. The molecular formula is C23H26N3O2PS. The highest BCUT2D eigenvalue weighted by molar-refractivity contribution is 8.14. The Hall–Kier alpha value is -2.40. The number of anilines is 2. The molecular weight excluding hydrogens is 413 g/mol. The van der Waals surface area contributed by atoms with Crippen LogP contribution in [0.4, 0.5) is 11.4 Å².